The minimum atomic E-state index is 0. The van der Waals surface area contributed by atoms with E-state index >= 15 is 0 Å². The van der Waals surface area contributed by atoms with Gasteiger partial charge in [-0.15, -0.1) is 35.3 Å². The second kappa shape index (κ2) is 10.9. The molecule has 1 aliphatic heterocycles. The Labute approximate surface area is 177 Å². The molecule has 5 nitrogen and oxygen atoms in total. The van der Waals surface area contributed by atoms with Crippen LogP contribution in [0.4, 0.5) is 0 Å². The third kappa shape index (κ3) is 5.72. The van der Waals surface area contributed by atoms with Gasteiger partial charge in [-0.05, 0) is 49.5 Å². The quantitative estimate of drug-likeness (QED) is 0.351. The van der Waals surface area contributed by atoms with Crippen LogP contribution < -0.4 is 10.6 Å². The molecular weight excluding hydrogens is 459 g/mol. The lowest BCUT2D eigenvalue weighted by Gasteiger charge is -2.27. The number of nitrogens with zero attached hydrogens (tertiary/aromatic N) is 2. The maximum Gasteiger partial charge on any atom is 0.191 e. The number of likely N-dealkylation sites (tertiary alicyclic amines) is 1. The van der Waals surface area contributed by atoms with E-state index in [2.05, 4.69) is 51.0 Å². The third-order valence-electron chi connectivity index (χ3n) is 4.74. The van der Waals surface area contributed by atoms with Crippen molar-refractivity contribution in [2.75, 3.05) is 33.2 Å². The van der Waals surface area contributed by atoms with Crippen LogP contribution in [0.15, 0.2) is 45.3 Å². The summed E-state index contributed by atoms with van der Waals surface area (Å²) in [5.41, 5.74) is 0. The summed E-state index contributed by atoms with van der Waals surface area (Å²) in [4.78, 5) is 8.26. The average molecular weight is 488 g/mol. The minimum absolute atomic E-state index is 0. The summed E-state index contributed by atoms with van der Waals surface area (Å²) in [5, 5.41) is 9.05. The first kappa shape index (κ1) is 21.2. The molecule has 2 aromatic heterocycles. The number of aliphatic imine (C=N–C) groups is 1. The van der Waals surface area contributed by atoms with E-state index in [1.54, 1.807) is 17.6 Å². The molecule has 2 unspecified atom stereocenters. The summed E-state index contributed by atoms with van der Waals surface area (Å²) in [6, 6.07) is 8.58. The zero-order valence-corrected chi connectivity index (χ0v) is 18.6. The zero-order chi connectivity index (χ0) is 17.5. The van der Waals surface area contributed by atoms with Gasteiger partial charge in [-0.2, -0.15) is 0 Å². The first-order valence-electron chi connectivity index (χ1n) is 9.03. The zero-order valence-electron chi connectivity index (χ0n) is 15.5. The average Bonchev–Trinajstić information content (AvgIpc) is 3.40. The Morgan fingerprint density at radius 2 is 2.00 bits per heavy atom. The van der Waals surface area contributed by atoms with E-state index in [0.29, 0.717) is 5.92 Å². The Morgan fingerprint density at radius 3 is 2.62 bits per heavy atom. The molecular formula is C19H29IN4OS. The van der Waals surface area contributed by atoms with Gasteiger partial charge < -0.3 is 15.1 Å². The van der Waals surface area contributed by atoms with Crippen molar-refractivity contribution in [1.29, 1.82) is 0 Å². The van der Waals surface area contributed by atoms with E-state index < -0.39 is 0 Å². The van der Waals surface area contributed by atoms with Crippen molar-refractivity contribution < 1.29 is 4.42 Å². The molecule has 26 heavy (non-hydrogen) atoms. The normalized spacial score (nSPS) is 17.5. The van der Waals surface area contributed by atoms with Crippen molar-refractivity contribution in [1.82, 2.24) is 15.5 Å². The molecule has 2 aromatic rings. The lowest BCUT2D eigenvalue weighted by atomic mass is 10.1. The molecule has 0 aliphatic carbocycles. The third-order valence-corrected chi connectivity index (χ3v) is 5.85. The molecule has 0 bridgehead atoms. The van der Waals surface area contributed by atoms with Crippen LogP contribution in [0.5, 0.6) is 0 Å². The van der Waals surface area contributed by atoms with Crippen LogP contribution in [0, 0.1) is 0 Å². The van der Waals surface area contributed by atoms with E-state index in [1.165, 1.54) is 17.7 Å². The van der Waals surface area contributed by atoms with Gasteiger partial charge in [0.2, 0.25) is 0 Å². The summed E-state index contributed by atoms with van der Waals surface area (Å²) in [6.07, 6.45) is 4.29. The fourth-order valence-corrected chi connectivity index (χ4v) is 4.07. The highest BCUT2D eigenvalue weighted by molar-refractivity contribution is 14.0. The second-order valence-corrected chi connectivity index (χ2v) is 7.50. The predicted octanol–water partition coefficient (Wildman–Crippen LogP) is 4.06. The predicted molar refractivity (Wildman–Crippen MR) is 120 cm³/mol. The summed E-state index contributed by atoms with van der Waals surface area (Å²) < 4.78 is 5.68. The smallest absolute Gasteiger partial charge is 0.191 e. The van der Waals surface area contributed by atoms with Crippen LogP contribution in [0.3, 0.4) is 0 Å². The Bertz CT molecular complexity index is 639. The van der Waals surface area contributed by atoms with Crippen molar-refractivity contribution in [3.05, 3.63) is 46.5 Å². The number of furan rings is 1. The van der Waals surface area contributed by atoms with Gasteiger partial charge in [0, 0.05) is 30.9 Å². The van der Waals surface area contributed by atoms with E-state index in [0.717, 1.165) is 37.9 Å². The van der Waals surface area contributed by atoms with Crippen molar-refractivity contribution >= 4 is 41.3 Å². The first-order chi connectivity index (χ1) is 12.3. The monoisotopic (exact) mass is 488 g/mol. The maximum atomic E-state index is 5.68. The van der Waals surface area contributed by atoms with Gasteiger partial charge >= 0.3 is 0 Å². The summed E-state index contributed by atoms with van der Waals surface area (Å²) in [5.74, 6) is 2.34. The van der Waals surface area contributed by atoms with Crippen molar-refractivity contribution in [2.24, 2.45) is 4.99 Å². The van der Waals surface area contributed by atoms with E-state index in [-0.39, 0.29) is 30.0 Å². The van der Waals surface area contributed by atoms with Crippen LogP contribution in [-0.2, 0) is 0 Å². The van der Waals surface area contributed by atoms with Gasteiger partial charge in [-0.1, -0.05) is 13.0 Å². The Hall–Kier alpha value is -1.06. The standard InChI is InChI=1S/C19H28N4OS.HI/c1-15(18-8-6-12-25-18)13-21-19(20-2)22-14-16(17-7-5-11-24-17)23-9-3-4-10-23;/h5-8,11-12,15-16H,3-4,9-10,13-14H2,1-2H3,(H2,20,21,22);1H. The molecule has 1 saturated heterocycles. The van der Waals surface area contributed by atoms with Gasteiger partial charge in [0.1, 0.15) is 5.76 Å². The lowest BCUT2D eigenvalue weighted by molar-refractivity contribution is 0.215. The van der Waals surface area contributed by atoms with Crippen molar-refractivity contribution in [3.8, 4) is 0 Å². The highest BCUT2D eigenvalue weighted by atomic mass is 127. The van der Waals surface area contributed by atoms with Crippen LogP contribution in [0.2, 0.25) is 0 Å². The topological polar surface area (TPSA) is 52.8 Å². The van der Waals surface area contributed by atoms with E-state index in [1.807, 2.05) is 13.1 Å². The van der Waals surface area contributed by atoms with Crippen LogP contribution >= 0.6 is 35.3 Å². The number of guanidine groups is 1. The maximum absolute atomic E-state index is 5.68. The number of nitrogens with one attached hydrogen (secondary N) is 2. The highest BCUT2D eigenvalue weighted by Gasteiger charge is 2.25. The molecule has 0 amide bonds. The Kier molecular flexibility index (Phi) is 8.94. The van der Waals surface area contributed by atoms with Crippen LogP contribution in [-0.4, -0.2) is 44.1 Å². The van der Waals surface area contributed by atoms with Gasteiger partial charge in [-0.25, -0.2) is 0 Å². The summed E-state index contributed by atoms with van der Waals surface area (Å²) in [6.45, 7) is 6.17. The fraction of sp³-hybridized carbons (Fsp3) is 0.526. The van der Waals surface area contributed by atoms with Gasteiger partial charge in [-0.3, -0.25) is 9.89 Å². The number of hydrogen-bond acceptors (Lipinski definition) is 4. The molecule has 2 N–H and O–H groups in total. The van der Waals surface area contributed by atoms with Gasteiger partial charge in [0.25, 0.3) is 0 Å². The molecule has 0 saturated carbocycles. The molecule has 0 aromatic carbocycles. The van der Waals surface area contributed by atoms with Crippen LogP contribution in [0.25, 0.3) is 0 Å². The summed E-state index contributed by atoms with van der Waals surface area (Å²) in [7, 11) is 1.82. The van der Waals surface area contributed by atoms with E-state index in [9.17, 15) is 0 Å². The molecule has 1 fully saturated rings. The Morgan fingerprint density at radius 1 is 1.23 bits per heavy atom. The van der Waals surface area contributed by atoms with Gasteiger partial charge in [0.15, 0.2) is 5.96 Å². The summed E-state index contributed by atoms with van der Waals surface area (Å²) >= 11 is 1.80. The molecule has 144 valence electrons. The lowest BCUT2D eigenvalue weighted by Crippen LogP contribution is -2.43. The molecule has 2 atom stereocenters. The SMILES string of the molecule is CN=C(NCC(C)c1cccs1)NCC(c1ccco1)N1CCCC1.I. The number of thiophene rings is 1. The molecule has 3 rings (SSSR count). The highest BCUT2D eigenvalue weighted by Crippen LogP contribution is 2.25. The van der Waals surface area contributed by atoms with Crippen molar-refractivity contribution in [3.63, 3.8) is 0 Å². The molecule has 0 radical (unpaired) electrons. The second-order valence-electron chi connectivity index (χ2n) is 6.52. The number of rotatable bonds is 7. The molecule has 1 aliphatic rings. The first-order valence-corrected chi connectivity index (χ1v) is 9.91. The molecule has 3 heterocycles. The fourth-order valence-electron chi connectivity index (χ4n) is 3.28. The largest absolute Gasteiger partial charge is 0.468 e. The molecule has 7 heteroatoms. The van der Waals surface area contributed by atoms with Crippen LogP contribution in [0.1, 0.15) is 42.4 Å². The van der Waals surface area contributed by atoms with Gasteiger partial charge in [0.05, 0.1) is 12.3 Å². The van der Waals surface area contributed by atoms with Crippen molar-refractivity contribution in [2.45, 2.75) is 31.7 Å². The van der Waals surface area contributed by atoms with E-state index in [4.69, 9.17) is 4.42 Å². The molecule has 0 spiro atoms. The minimum Gasteiger partial charge on any atom is -0.468 e. The number of halogens is 1. The Balaban J connectivity index is 0.00000243. The number of hydrogen-bond donors (Lipinski definition) is 2.